The number of rotatable bonds is 1. The number of amides is 1. The summed E-state index contributed by atoms with van der Waals surface area (Å²) in [5.41, 5.74) is 5.40. The van der Waals surface area contributed by atoms with Gasteiger partial charge in [-0.05, 0) is 32.9 Å². The molecule has 1 saturated heterocycles. The maximum atomic E-state index is 11.8. The molecule has 0 unspecified atom stereocenters. The Morgan fingerprint density at radius 2 is 2.22 bits per heavy atom. The van der Waals surface area contributed by atoms with Crippen molar-refractivity contribution in [3.63, 3.8) is 0 Å². The van der Waals surface area contributed by atoms with Gasteiger partial charge in [0.05, 0.1) is 4.11 Å². The van der Waals surface area contributed by atoms with Gasteiger partial charge in [-0.15, -0.1) is 0 Å². The molecule has 98 valence electrons. The largest absolute Gasteiger partial charge is 0.444 e. The summed E-state index contributed by atoms with van der Waals surface area (Å²) < 4.78 is 28.3. The summed E-state index contributed by atoms with van der Waals surface area (Å²) in [4.78, 5) is 17.4. The number of aromatic nitrogens is 1. The molecule has 0 atom stereocenters. The van der Waals surface area contributed by atoms with Gasteiger partial charge in [0.2, 0.25) is 0 Å². The van der Waals surface area contributed by atoms with Crippen LogP contribution in [0.15, 0.2) is 18.1 Å². The molecule has 5 nitrogen and oxygen atoms in total. The maximum Gasteiger partial charge on any atom is 0.410 e. The van der Waals surface area contributed by atoms with Gasteiger partial charge in [-0.25, -0.2) is 9.78 Å². The quantitative estimate of drug-likeness (QED) is 0.830. The van der Waals surface area contributed by atoms with Crippen molar-refractivity contribution in [2.45, 2.75) is 32.3 Å². The first-order chi connectivity index (χ1) is 9.60. The van der Waals surface area contributed by atoms with Crippen LogP contribution in [0.25, 0.3) is 0 Å². The predicted octanol–water partition coefficient (Wildman–Crippen LogP) is 2.00. The van der Waals surface area contributed by atoms with E-state index in [0.29, 0.717) is 18.8 Å². The molecular weight excluding hydrogens is 230 g/mol. The van der Waals surface area contributed by atoms with Gasteiger partial charge in [-0.3, -0.25) is 0 Å². The number of nitrogens with two attached hydrogens (primary N) is 1. The molecule has 5 heteroatoms. The summed E-state index contributed by atoms with van der Waals surface area (Å²) in [6, 6.07) is -0.552. The molecule has 2 N–H and O–H groups in total. The second-order valence-corrected chi connectivity index (χ2v) is 5.34. The van der Waals surface area contributed by atoms with Gasteiger partial charge in [0.1, 0.15) is 11.4 Å². The van der Waals surface area contributed by atoms with Crippen LogP contribution in [0.3, 0.4) is 0 Å². The van der Waals surface area contributed by atoms with Crippen molar-refractivity contribution in [2.75, 3.05) is 18.8 Å². The summed E-state index contributed by atoms with van der Waals surface area (Å²) in [5, 5.41) is 0. The van der Waals surface area contributed by atoms with Gasteiger partial charge < -0.3 is 15.4 Å². The third kappa shape index (κ3) is 2.91. The molecule has 0 radical (unpaired) electrons. The lowest BCUT2D eigenvalue weighted by Gasteiger charge is -2.39. The van der Waals surface area contributed by atoms with E-state index in [1.807, 2.05) is 0 Å². The number of carbonyl (C=O) groups excluding carboxylic acids is 1. The van der Waals surface area contributed by atoms with Crippen molar-refractivity contribution >= 4 is 11.9 Å². The number of hydrogen-bond acceptors (Lipinski definition) is 4. The predicted molar refractivity (Wildman–Crippen MR) is 69.2 cm³/mol. The molecule has 2 rings (SSSR count). The second kappa shape index (κ2) is 4.48. The van der Waals surface area contributed by atoms with E-state index in [0.717, 1.165) is 0 Å². The lowest BCUT2D eigenvalue weighted by molar-refractivity contribution is 0.00789. The van der Waals surface area contributed by atoms with E-state index in [9.17, 15) is 4.79 Å². The second-order valence-electron chi connectivity index (χ2n) is 5.34. The molecule has 1 amide bonds. The fourth-order valence-electron chi connectivity index (χ4n) is 1.67. The van der Waals surface area contributed by atoms with Crippen LogP contribution in [-0.4, -0.2) is 34.7 Å². The smallest absolute Gasteiger partial charge is 0.410 e. The first-order valence-corrected chi connectivity index (χ1v) is 5.81. The zero-order chi connectivity index (χ0) is 15.9. The average Bonchev–Trinajstić information content (AvgIpc) is 2.28. The highest BCUT2D eigenvalue weighted by Gasteiger charge is 2.35. The third-order valence-electron chi connectivity index (χ3n) is 2.54. The number of anilines is 1. The normalized spacial score (nSPS) is 18.6. The topological polar surface area (TPSA) is 68.5 Å². The Kier molecular flexibility index (Phi) is 2.29. The van der Waals surface area contributed by atoms with E-state index in [2.05, 4.69) is 4.98 Å². The first-order valence-electron chi connectivity index (χ1n) is 7.31. The van der Waals surface area contributed by atoms with Crippen molar-refractivity contribution < 1.29 is 13.6 Å². The number of nitrogens with zero attached hydrogens (tertiary/aromatic N) is 2. The van der Waals surface area contributed by atoms with Crippen LogP contribution >= 0.6 is 0 Å². The van der Waals surface area contributed by atoms with Crippen molar-refractivity contribution in [2.24, 2.45) is 0 Å². The highest BCUT2D eigenvalue weighted by molar-refractivity contribution is 5.69. The molecule has 0 bridgehead atoms. The van der Waals surface area contributed by atoms with Gasteiger partial charge in [-0.2, -0.15) is 0 Å². The molecule has 0 aromatic carbocycles. The summed E-state index contributed by atoms with van der Waals surface area (Å²) in [6.45, 7) is 6.15. The van der Waals surface area contributed by atoms with Gasteiger partial charge in [0.25, 0.3) is 0 Å². The number of ether oxygens (including phenoxy) is 1. The van der Waals surface area contributed by atoms with E-state index >= 15 is 0 Å². The van der Waals surface area contributed by atoms with E-state index in [1.165, 1.54) is 4.90 Å². The maximum absolute atomic E-state index is 11.8. The molecule has 1 aromatic heterocycles. The SMILES string of the molecule is [2H]c1c(N)nc(C2CN(C(=O)OC(C)(C)C)C2)c([2H])c1[2H]. The van der Waals surface area contributed by atoms with Crippen LogP contribution in [0, 0.1) is 0 Å². The molecule has 18 heavy (non-hydrogen) atoms. The minimum absolute atomic E-state index is 0.0540. The van der Waals surface area contributed by atoms with E-state index < -0.39 is 11.7 Å². The Bertz CT molecular complexity index is 581. The van der Waals surface area contributed by atoms with Crippen LogP contribution < -0.4 is 5.73 Å². The summed E-state index contributed by atoms with van der Waals surface area (Å²) in [6.07, 6.45) is -0.401. The summed E-state index contributed by atoms with van der Waals surface area (Å²) in [7, 11) is 0. The molecule has 0 spiro atoms. The zero-order valence-electron chi connectivity index (χ0n) is 13.8. The van der Waals surface area contributed by atoms with Crippen LogP contribution in [-0.2, 0) is 4.74 Å². The number of hydrogen-bond donors (Lipinski definition) is 1. The zero-order valence-corrected chi connectivity index (χ0v) is 10.8. The molecule has 1 fully saturated rings. The summed E-state index contributed by atoms with van der Waals surface area (Å²) in [5.74, 6) is -0.196. The number of likely N-dealkylation sites (tertiary alicyclic amines) is 1. The molecular formula is C13H19N3O2. The van der Waals surface area contributed by atoms with Crippen LogP contribution in [0.4, 0.5) is 10.6 Å². The molecule has 1 aliphatic rings. The standard InChI is InChI=1S/C13H19N3O2/c1-13(2,3)18-12(17)16-7-9(8-16)10-5-4-6-11(14)15-10/h4-6,9H,7-8H2,1-3H3,(H2,14,15)/i4D,5D,6D. The number of carbonyl (C=O) groups is 1. The van der Waals surface area contributed by atoms with Crippen LogP contribution in [0.1, 0.15) is 36.5 Å². The number of pyridine rings is 1. The Hall–Kier alpha value is -1.78. The lowest BCUT2D eigenvalue weighted by atomic mass is 9.96. The van der Waals surface area contributed by atoms with E-state index in [-0.39, 0.29) is 29.9 Å². The van der Waals surface area contributed by atoms with Gasteiger partial charge in [0, 0.05) is 24.7 Å². The monoisotopic (exact) mass is 252 g/mol. The minimum Gasteiger partial charge on any atom is -0.444 e. The molecule has 0 saturated carbocycles. The van der Waals surface area contributed by atoms with Crippen molar-refractivity contribution in [1.82, 2.24) is 9.88 Å². The van der Waals surface area contributed by atoms with Gasteiger partial charge >= 0.3 is 6.09 Å². The average molecular weight is 252 g/mol. The van der Waals surface area contributed by atoms with Crippen molar-refractivity contribution in [3.8, 4) is 0 Å². The Labute approximate surface area is 111 Å². The van der Waals surface area contributed by atoms with E-state index in [4.69, 9.17) is 14.6 Å². The third-order valence-corrected chi connectivity index (χ3v) is 2.54. The fourth-order valence-corrected chi connectivity index (χ4v) is 1.67. The van der Waals surface area contributed by atoms with Crippen LogP contribution in [0.2, 0.25) is 0 Å². The minimum atomic E-state index is -0.549. The van der Waals surface area contributed by atoms with E-state index in [1.54, 1.807) is 20.8 Å². The van der Waals surface area contributed by atoms with Crippen molar-refractivity contribution in [3.05, 3.63) is 23.8 Å². The lowest BCUT2D eigenvalue weighted by Crippen LogP contribution is -2.50. The Morgan fingerprint density at radius 1 is 1.56 bits per heavy atom. The van der Waals surface area contributed by atoms with Crippen molar-refractivity contribution in [1.29, 1.82) is 0 Å². The Morgan fingerprint density at radius 3 is 2.83 bits per heavy atom. The van der Waals surface area contributed by atoms with Gasteiger partial charge in [0.15, 0.2) is 0 Å². The Balaban J connectivity index is 2.07. The number of nitrogen functional groups attached to an aromatic ring is 1. The first kappa shape index (κ1) is 9.19. The fraction of sp³-hybridized carbons (Fsp3) is 0.538. The van der Waals surface area contributed by atoms with Crippen LogP contribution in [0.5, 0.6) is 0 Å². The molecule has 2 heterocycles. The highest BCUT2D eigenvalue weighted by atomic mass is 16.6. The highest BCUT2D eigenvalue weighted by Crippen LogP contribution is 2.27. The summed E-state index contributed by atoms with van der Waals surface area (Å²) >= 11 is 0. The molecule has 1 aromatic rings. The van der Waals surface area contributed by atoms with Gasteiger partial charge in [-0.1, -0.05) is 6.04 Å². The molecule has 1 aliphatic heterocycles. The molecule has 0 aliphatic carbocycles.